The molecule has 0 fully saturated rings. The predicted octanol–water partition coefficient (Wildman–Crippen LogP) is 1.05. The number of aromatic nitrogens is 2. The second-order valence-corrected chi connectivity index (χ2v) is 4.33. The van der Waals surface area contributed by atoms with Crippen LogP contribution >= 0.6 is 0 Å². The van der Waals surface area contributed by atoms with Crippen LogP contribution in [-0.4, -0.2) is 29.7 Å². The summed E-state index contributed by atoms with van der Waals surface area (Å²) >= 11 is 0. The Kier molecular flexibility index (Phi) is 2.22. The molecule has 1 aromatic carbocycles. The third-order valence-electron chi connectivity index (χ3n) is 3.04. The van der Waals surface area contributed by atoms with Gasteiger partial charge in [0.1, 0.15) is 5.82 Å². The zero-order valence-electron chi connectivity index (χ0n) is 9.90. The summed E-state index contributed by atoms with van der Waals surface area (Å²) in [5.41, 5.74) is 9.44. The van der Waals surface area contributed by atoms with Crippen LogP contribution in [0.1, 0.15) is 0 Å². The van der Waals surface area contributed by atoms with Crippen molar-refractivity contribution in [1.82, 2.24) is 10.2 Å². The van der Waals surface area contributed by atoms with Gasteiger partial charge in [-0.1, -0.05) is 6.07 Å². The number of nitrogens with two attached hydrogens (primary N) is 1. The van der Waals surface area contributed by atoms with E-state index in [0.717, 1.165) is 22.5 Å². The number of H-pyrrole nitrogens is 1. The van der Waals surface area contributed by atoms with Crippen molar-refractivity contribution in [2.45, 2.75) is 0 Å². The summed E-state index contributed by atoms with van der Waals surface area (Å²) in [6.45, 7) is 0.358. The SMILES string of the molecule is CN1CC(=O)Nc2ccc(-c3cn[nH]c3N)cc21. The Balaban J connectivity index is 2.09. The molecule has 1 aliphatic rings. The lowest BCUT2D eigenvalue weighted by Gasteiger charge is -2.27. The summed E-state index contributed by atoms with van der Waals surface area (Å²) in [6.07, 6.45) is 1.69. The number of anilines is 3. The summed E-state index contributed by atoms with van der Waals surface area (Å²) in [5.74, 6) is 0.540. The van der Waals surface area contributed by atoms with Gasteiger partial charge in [0, 0.05) is 12.6 Å². The zero-order chi connectivity index (χ0) is 12.7. The quantitative estimate of drug-likeness (QED) is 0.698. The van der Waals surface area contributed by atoms with E-state index in [1.165, 1.54) is 0 Å². The molecule has 0 atom stereocenters. The fraction of sp³-hybridized carbons (Fsp3) is 0.167. The fourth-order valence-electron chi connectivity index (χ4n) is 2.14. The predicted molar refractivity (Wildman–Crippen MR) is 70.3 cm³/mol. The molecule has 3 rings (SSSR count). The average Bonchev–Trinajstić information content (AvgIpc) is 2.75. The first-order chi connectivity index (χ1) is 8.65. The van der Waals surface area contributed by atoms with E-state index in [-0.39, 0.29) is 5.91 Å². The number of fused-ring (bicyclic) bond motifs is 1. The van der Waals surface area contributed by atoms with Crippen LogP contribution in [-0.2, 0) is 4.79 Å². The molecule has 6 nitrogen and oxygen atoms in total. The molecule has 18 heavy (non-hydrogen) atoms. The molecule has 0 radical (unpaired) electrons. The Morgan fingerprint density at radius 3 is 3.00 bits per heavy atom. The van der Waals surface area contributed by atoms with Gasteiger partial charge in [-0.15, -0.1) is 0 Å². The third kappa shape index (κ3) is 1.58. The van der Waals surface area contributed by atoms with Crippen LogP contribution in [0.4, 0.5) is 17.2 Å². The molecule has 2 heterocycles. The number of nitrogen functional groups attached to an aromatic ring is 1. The van der Waals surface area contributed by atoms with Crippen LogP contribution in [0, 0.1) is 0 Å². The van der Waals surface area contributed by atoms with Crippen molar-refractivity contribution in [1.29, 1.82) is 0 Å². The minimum Gasteiger partial charge on any atom is -0.384 e. The maximum Gasteiger partial charge on any atom is 0.243 e. The molecule has 92 valence electrons. The van der Waals surface area contributed by atoms with Crippen molar-refractivity contribution in [2.75, 3.05) is 29.5 Å². The molecule has 0 saturated carbocycles. The number of carbonyl (C=O) groups excluding carboxylic acids is 1. The minimum atomic E-state index is 0.000532. The molecule has 2 aromatic rings. The average molecular weight is 243 g/mol. The minimum absolute atomic E-state index is 0.000532. The summed E-state index contributed by atoms with van der Waals surface area (Å²) < 4.78 is 0. The number of hydrogen-bond acceptors (Lipinski definition) is 4. The lowest BCUT2D eigenvalue weighted by Crippen LogP contribution is -2.35. The number of carbonyl (C=O) groups is 1. The van der Waals surface area contributed by atoms with Gasteiger partial charge in [0.25, 0.3) is 0 Å². The number of benzene rings is 1. The highest BCUT2D eigenvalue weighted by Gasteiger charge is 2.19. The first-order valence-electron chi connectivity index (χ1n) is 5.59. The van der Waals surface area contributed by atoms with E-state index in [0.29, 0.717) is 12.4 Å². The number of nitrogens with zero attached hydrogens (tertiary/aromatic N) is 2. The van der Waals surface area contributed by atoms with Crippen molar-refractivity contribution in [3.63, 3.8) is 0 Å². The standard InChI is InChI=1S/C12H13N5O/c1-17-6-11(18)15-9-3-2-7(4-10(9)17)8-5-14-16-12(8)13/h2-5H,6H2,1H3,(H,15,18)(H3,13,14,16). The second kappa shape index (κ2) is 3.76. The fourth-order valence-corrected chi connectivity index (χ4v) is 2.14. The molecule has 1 amide bonds. The van der Waals surface area contributed by atoms with Gasteiger partial charge in [-0.05, 0) is 17.7 Å². The van der Waals surface area contributed by atoms with Crippen LogP contribution in [0.25, 0.3) is 11.1 Å². The lowest BCUT2D eigenvalue weighted by molar-refractivity contribution is -0.115. The van der Waals surface area contributed by atoms with Crippen LogP contribution in [0.2, 0.25) is 0 Å². The summed E-state index contributed by atoms with van der Waals surface area (Å²) in [5, 5.41) is 9.46. The molecule has 1 aliphatic heterocycles. The highest BCUT2D eigenvalue weighted by Crippen LogP contribution is 2.34. The van der Waals surface area contributed by atoms with Crippen molar-refractivity contribution in [2.24, 2.45) is 0 Å². The van der Waals surface area contributed by atoms with Crippen molar-refractivity contribution in [3.8, 4) is 11.1 Å². The molecule has 1 aromatic heterocycles. The van der Waals surface area contributed by atoms with E-state index in [9.17, 15) is 4.79 Å². The topological polar surface area (TPSA) is 87.0 Å². The van der Waals surface area contributed by atoms with Gasteiger partial charge in [0.15, 0.2) is 0 Å². The van der Waals surface area contributed by atoms with Gasteiger partial charge in [-0.3, -0.25) is 9.89 Å². The first-order valence-corrected chi connectivity index (χ1v) is 5.59. The van der Waals surface area contributed by atoms with E-state index < -0.39 is 0 Å². The highest BCUT2D eigenvalue weighted by molar-refractivity contribution is 6.01. The van der Waals surface area contributed by atoms with E-state index in [4.69, 9.17) is 5.73 Å². The molecule has 4 N–H and O–H groups in total. The Morgan fingerprint density at radius 2 is 2.28 bits per heavy atom. The highest BCUT2D eigenvalue weighted by atomic mass is 16.2. The Labute approximate surface area is 104 Å². The summed E-state index contributed by atoms with van der Waals surface area (Å²) in [4.78, 5) is 13.3. The van der Waals surface area contributed by atoms with E-state index >= 15 is 0 Å². The Hall–Kier alpha value is -2.50. The first kappa shape index (κ1) is 10.6. The molecule has 0 saturated heterocycles. The summed E-state index contributed by atoms with van der Waals surface area (Å²) in [6, 6.07) is 5.79. The van der Waals surface area contributed by atoms with Crippen LogP contribution in [0.5, 0.6) is 0 Å². The van der Waals surface area contributed by atoms with Crippen molar-refractivity contribution >= 4 is 23.1 Å². The van der Waals surface area contributed by atoms with E-state index in [2.05, 4.69) is 15.5 Å². The molecule has 0 bridgehead atoms. The molecule has 0 unspecified atom stereocenters. The van der Waals surface area contributed by atoms with Gasteiger partial charge in [0.05, 0.1) is 24.1 Å². The smallest absolute Gasteiger partial charge is 0.243 e. The van der Waals surface area contributed by atoms with Crippen molar-refractivity contribution < 1.29 is 4.79 Å². The maximum atomic E-state index is 11.4. The molecule has 0 spiro atoms. The van der Waals surface area contributed by atoms with Gasteiger partial charge >= 0.3 is 0 Å². The number of rotatable bonds is 1. The van der Waals surface area contributed by atoms with E-state index in [1.54, 1.807) is 6.20 Å². The van der Waals surface area contributed by atoms with Crippen LogP contribution in [0.3, 0.4) is 0 Å². The van der Waals surface area contributed by atoms with Crippen LogP contribution in [0.15, 0.2) is 24.4 Å². The third-order valence-corrected chi connectivity index (χ3v) is 3.04. The largest absolute Gasteiger partial charge is 0.384 e. The van der Waals surface area contributed by atoms with Crippen LogP contribution < -0.4 is 16.0 Å². The van der Waals surface area contributed by atoms with Gasteiger partial charge < -0.3 is 16.0 Å². The Bertz CT molecular complexity index is 619. The number of nitrogens with one attached hydrogen (secondary N) is 2. The Morgan fingerprint density at radius 1 is 1.44 bits per heavy atom. The molecular formula is C12H13N5O. The summed E-state index contributed by atoms with van der Waals surface area (Å²) in [7, 11) is 1.89. The van der Waals surface area contributed by atoms with Gasteiger partial charge in [0.2, 0.25) is 5.91 Å². The molecular weight excluding hydrogens is 230 g/mol. The second-order valence-electron chi connectivity index (χ2n) is 4.33. The maximum absolute atomic E-state index is 11.4. The van der Waals surface area contributed by atoms with Gasteiger partial charge in [-0.25, -0.2) is 0 Å². The molecule has 6 heteroatoms. The molecule has 0 aliphatic carbocycles. The lowest BCUT2D eigenvalue weighted by atomic mass is 10.1. The van der Waals surface area contributed by atoms with Gasteiger partial charge in [-0.2, -0.15) is 5.10 Å². The number of likely N-dealkylation sites (N-methyl/N-ethyl adjacent to an activating group) is 1. The number of aromatic amines is 1. The normalized spacial score (nSPS) is 14.3. The van der Waals surface area contributed by atoms with Crippen molar-refractivity contribution in [3.05, 3.63) is 24.4 Å². The zero-order valence-corrected chi connectivity index (χ0v) is 9.90. The number of hydrogen-bond donors (Lipinski definition) is 3. The number of amides is 1. The van der Waals surface area contributed by atoms with E-state index in [1.807, 2.05) is 30.1 Å². The monoisotopic (exact) mass is 243 g/mol.